The Bertz CT molecular complexity index is 733. The molecule has 0 spiro atoms. The summed E-state index contributed by atoms with van der Waals surface area (Å²) >= 11 is 0. The van der Waals surface area contributed by atoms with E-state index in [0.29, 0.717) is 11.4 Å². The second kappa shape index (κ2) is 6.61. The van der Waals surface area contributed by atoms with E-state index in [4.69, 9.17) is 4.74 Å². The number of halogens is 2. The Kier molecular flexibility index (Phi) is 4.81. The highest BCUT2D eigenvalue weighted by Crippen LogP contribution is 2.22. The number of rotatable bonds is 6. The van der Waals surface area contributed by atoms with Crippen molar-refractivity contribution in [3.05, 3.63) is 48.5 Å². The quantitative estimate of drug-likeness (QED) is 0.884. The zero-order valence-electron chi connectivity index (χ0n) is 11.5. The number of benzene rings is 2. The van der Waals surface area contributed by atoms with Crippen molar-refractivity contribution in [2.24, 2.45) is 0 Å². The Hall–Kier alpha value is -2.35. The standard InChI is InChI=1S/C14H13F2NO4S/c1-20-11-7-5-10(6-8-11)17-22(18,19)13-4-2-3-12(9-13)21-14(15)16/h2-9,14,17H,1H3. The smallest absolute Gasteiger partial charge is 0.387 e. The van der Waals surface area contributed by atoms with Gasteiger partial charge in [-0.15, -0.1) is 0 Å². The van der Waals surface area contributed by atoms with Crippen LogP contribution in [0.4, 0.5) is 14.5 Å². The fourth-order valence-electron chi connectivity index (χ4n) is 1.69. The van der Waals surface area contributed by atoms with Gasteiger partial charge in [0, 0.05) is 11.8 Å². The Morgan fingerprint density at radius 3 is 2.32 bits per heavy atom. The van der Waals surface area contributed by atoms with Crippen molar-refractivity contribution in [2.75, 3.05) is 11.8 Å². The van der Waals surface area contributed by atoms with Crippen molar-refractivity contribution in [1.82, 2.24) is 0 Å². The second-order valence-electron chi connectivity index (χ2n) is 4.19. The first-order chi connectivity index (χ1) is 10.4. The molecule has 2 aromatic rings. The Morgan fingerprint density at radius 2 is 1.73 bits per heavy atom. The molecular weight excluding hydrogens is 316 g/mol. The minimum Gasteiger partial charge on any atom is -0.497 e. The average Bonchev–Trinajstić information content (AvgIpc) is 2.47. The number of ether oxygens (including phenoxy) is 2. The molecule has 0 bridgehead atoms. The monoisotopic (exact) mass is 329 g/mol. The molecule has 0 radical (unpaired) electrons. The van der Waals surface area contributed by atoms with Gasteiger partial charge in [0.25, 0.3) is 10.0 Å². The number of hydrogen-bond donors (Lipinski definition) is 1. The lowest BCUT2D eigenvalue weighted by molar-refractivity contribution is -0.0499. The van der Waals surface area contributed by atoms with Crippen LogP contribution in [0.5, 0.6) is 11.5 Å². The Morgan fingerprint density at radius 1 is 1.05 bits per heavy atom. The molecule has 2 rings (SSSR count). The van der Waals surface area contributed by atoms with E-state index in [1.165, 1.54) is 37.4 Å². The molecule has 8 heteroatoms. The molecule has 0 amide bonds. The number of alkyl halides is 2. The lowest BCUT2D eigenvalue weighted by Crippen LogP contribution is -2.13. The molecule has 118 valence electrons. The van der Waals surface area contributed by atoms with Crippen LogP contribution in [0.1, 0.15) is 0 Å². The number of anilines is 1. The molecule has 0 unspecified atom stereocenters. The van der Waals surface area contributed by atoms with Crippen LogP contribution in [-0.2, 0) is 10.0 Å². The summed E-state index contributed by atoms with van der Waals surface area (Å²) in [6.07, 6.45) is 0. The minimum atomic E-state index is -3.91. The van der Waals surface area contributed by atoms with Crippen molar-refractivity contribution in [3.63, 3.8) is 0 Å². The van der Waals surface area contributed by atoms with Gasteiger partial charge in [-0.05, 0) is 36.4 Å². The first-order valence-corrected chi connectivity index (χ1v) is 7.61. The summed E-state index contributed by atoms with van der Waals surface area (Å²) in [6.45, 7) is -3.02. The maximum atomic E-state index is 12.2. The highest BCUT2D eigenvalue weighted by atomic mass is 32.2. The van der Waals surface area contributed by atoms with E-state index in [-0.39, 0.29) is 10.6 Å². The third-order valence-electron chi connectivity index (χ3n) is 2.68. The van der Waals surface area contributed by atoms with Gasteiger partial charge in [-0.3, -0.25) is 4.72 Å². The average molecular weight is 329 g/mol. The van der Waals surface area contributed by atoms with Gasteiger partial charge in [0.15, 0.2) is 0 Å². The molecule has 1 N–H and O–H groups in total. The van der Waals surface area contributed by atoms with Crippen molar-refractivity contribution in [2.45, 2.75) is 11.5 Å². The molecule has 0 aliphatic carbocycles. The minimum absolute atomic E-state index is 0.179. The summed E-state index contributed by atoms with van der Waals surface area (Å²) in [4.78, 5) is -0.179. The van der Waals surface area contributed by atoms with Crippen molar-refractivity contribution < 1.29 is 26.7 Å². The summed E-state index contributed by atoms with van der Waals surface area (Å²) in [6, 6.07) is 11.1. The van der Waals surface area contributed by atoms with Crippen LogP contribution in [0.25, 0.3) is 0 Å². The van der Waals surface area contributed by atoms with E-state index < -0.39 is 16.6 Å². The van der Waals surface area contributed by atoms with E-state index in [2.05, 4.69) is 9.46 Å². The van der Waals surface area contributed by atoms with Crippen molar-refractivity contribution in [3.8, 4) is 11.5 Å². The van der Waals surface area contributed by atoms with Crippen LogP contribution >= 0.6 is 0 Å². The first kappa shape index (κ1) is 16.0. The second-order valence-corrected chi connectivity index (χ2v) is 5.87. The van der Waals surface area contributed by atoms with Gasteiger partial charge < -0.3 is 9.47 Å². The zero-order valence-corrected chi connectivity index (χ0v) is 12.3. The molecule has 0 saturated carbocycles. The number of hydrogen-bond acceptors (Lipinski definition) is 4. The number of methoxy groups -OCH3 is 1. The third-order valence-corrected chi connectivity index (χ3v) is 4.06. The van der Waals surface area contributed by atoms with Gasteiger partial charge >= 0.3 is 6.61 Å². The fraction of sp³-hybridized carbons (Fsp3) is 0.143. The van der Waals surface area contributed by atoms with Crippen LogP contribution in [-0.4, -0.2) is 22.1 Å². The van der Waals surface area contributed by atoms with E-state index in [1.54, 1.807) is 12.1 Å². The van der Waals surface area contributed by atoms with Gasteiger partial charge in [-0.2, -0.15) is 8.78 Å². The Labute approximate surface area is 126 Å². The van der Waals surface area contributed by atoms with E-state index in [1.807, 2.05) is 0 Å². The van der Waals surface area contributed by atoms with Gasteiger partial charge in [-0.25, -0.2) is 8.42 Å². The fourth-order valence-corrected chi connectivity index (χ4v) is 2.78. The summed E-state index contributed by atoms with van der Waals surface area (Å²) in [5, 5.41) is 0. The number of sulfonamides is 1. The topological polar surface area (TPSA) is 64.6 Å². The normalized spacial score (nSPS) is 11.3. The summed E-state index contributed by atoms with van der Waals surface area (Å²) in [5.74, 6) is 0.350. The molecule has 0 heterocycles. The van der Waals surface area contributed by atoms with Gasteiger partial charge in [0.2, 0.25) is 0 Å². The molecule has 22 heavy (non-hydrogen) atoms. The first-order valence-electron chi connectivity index (χ1n) is 6.12. The lowest BCUT2D eigenvalue weighted by atomic mass is 10.3. The molecule has 0 saturated heterocycles. The molecular formula is C14H13F2NO4S. The van der Waals surface area contributed by atoms with Gasteiger partial charge in [0.05, 0.1) is 12.0 Å². The van der Waals surface area contributed by atoms with Crippen LogP contribution < -0.4 is 14.2 Å². The Balaban J connectivity index is 2.22. The lowest BCUT2D eigenvalue weighted by Gasteiger charge is -2.10. The maximum absolute atomic E-state index is 12.2. The van der Waals surface area contributed by atoms with E-state index in [9.17, 15) is 17.2 Å². The van der Waals surface area contributed by atoms with Crippen LogP contribution in [0.2, 0.25) is 0 Å². The van der Waals surface area contributed by atoms with Crippen LogP contribution in [0, 0.1) is 0 Å². The highest BCUT2D eigenvalue weighted by Gasteiger charge is 2.16. The molecule has 0 aliphatic heterocycles. The third kappa shape index (κ3) is 4.08. The highest BCUT2D eigenvalue weighted by molar-refractivity contribution is 7.92. The van der Waals surface area contributed by atoms with Gasteiger partial charge in [0.1, 0.15) is 11.5 Å². The van der Waals surface area contributed by atoms with Crippen LogP contribution in [0.15, 0.2) is 53.4 Å². The summed E-state index contributed by atoms with van der Waals surface area (Å²) in [5.41, 5.74) is 0.320. The maximum Gasteiger partial charge on any atom is 0.387 e. The van der Waals surface area contributed by atoms with Gasteiger partial charge in [-0.1, -0.05) is 6.07 Å². The van der Waals surface area contributed by atoms with E-state index >= 15 is 0 Å². The molecule has 0 aromatic heterocycles. The number of nitrogens with one attached hydrogen (secondary N) is 1. The molecule has 0 fully saturated rings. The van der Waals surface area contributed by atoms with Crippen molar-refractivity contribution in [1.29, 1.82) is 0 Å². The van der Waals surface area contributed by atoms with Crippen LogP contribution in [0.3, 0.4) is 0 Å². The molecule has 0 atom stereocenters. The predicted octanol–water partition coefficient (Wildman–Crippen LogP) is 3.10. The molecule has 5 nitrogen and oxygen atoms in total. The molecule has 2 aromatic carbocycles. The SMILES string of the molecule is COc1ccc(NS(=O)(=O)c2cccc(OC(F)F)c2)cc1. The van der Waals surface area contributed by atoms with E-state index in [0.717, 1.165) is 6.07 Å². The van der Waals surface area contributed by atoms with Crippen molar-refractivity contribution >= 4 is 15.7 Å². The largest absolute Gasteiger partial charge is 0.497 e. The predicted molar refractivity (Wildman–Crippen MR) is 76.9 cm³/mol. The summed E-state index contributed by atoms with van der Waals surface area (Å²) < 4.78 is 60.3. The summed E-state index contributed by atoms with van der Waals surface area (Å²) in [7, 11) is -2.41. The zero-order chi connectivity index (χ0) is 16.2. The molecule has 0 aliphatic rings.